The van der Waals surface area contributed by atoms with Crippen LogP contribution in [0.5, 0.6) is 0 Å². The van der Waals surface area contributed by atoms with Gasteiger partial charge in [0, 0.05) is 85.1 Å². The number of carbonyl (C=O) groups excluding carboxylic acids is 8. The second-order valence-electron chi connectivity index (χ2n) is 31.5. The molecule has 8 bridgehead atoms. The van der Waals surface area contributed by atoms with Gasteiger partial charge in [0.25, 0.3) is 5.91 Å². The predicted octanol–water partition coefficient (Wildman–Crippen LogP) is 9.09. The van der Waals surface area contributed by atoms with Crippen LogP contribution in [0.15, 0.2) is 90.1 Å². The summed E-state index contributed by atoms with van der Waals surface area (Å²) in [6.07, 6.45) is 6.77. The van der Waals surface area contributed by atoms with Gasteiger partial charge in [-0.3, -0.25) is 28.8 Å². The number of rotatable bonds is 10. The van der Waals surface area contributed by atoms with Crippen molar-refractivity contribution in [2.45, 2.75) is 230 Å². The van der Waals surface area contributed by atoms with E-state index >= 15 is 0 Å². The van der Waals surface area contributed by atoms with Crippen LogP contribution in [-0.4, -0.2) is 213 Å². The van der Waals surface area contributed by atoms with E-state index in [0.29, 0.717) is 52.7 Å². The van der Waals surface area contributed by atoms with Gasteiger partial charge in [-0.05, 0) is 165 Å². The Morgan fingerprint density at radius 1 is 0.630 bits per heavy atom. The molecule has 24 nitrogen and oxygen atoms in total. The Morgan fingerprint density at radius 3 is 1.52 bits per heavy atom. The van der Waals surface area contributed by atoms with Crippen LogP contribution < -0.4 is 20.4 Å². The number of esters is 4. The summed E-state index contributed by atoms with van der Waals surface area (Å²) in [5.41, 5.74) is 3.70. The largest absolute Gasteiger partial charge is 0.462 e. The van der Waals surface area contributed by atoms with Crippen molar-refractivity contribution < 1.29 is 86.5 Å². The van der Waals surface area contributed by atoms with E-state index in [4.69, 9.17) is 61.1 Å². The third-order valence-electron chi connectivity index (χ3n) is 23.5. The summed E-state index contributed by atoms with van der Waals surface area (Å²) in [7, 11) is 9.39. The number of benzene rings is 3. The summed E-state index contributed by atoms with van der Waals surface area (Å²) < 4.78 is 48.0. The molecule has 0 spiro atoms. The Morgan fingerprint density at radius 2 is 1.07 bits per heavy atom. The molecule has 11 rings (SSSR count). The number of methoxy groups -OCH3 is 2. The van der Waals surface area contributed by atoms with E-state index in [1.54, 1.807) is 74.1 Å². The van der Waals surface area contributed by atoms with Crippen molar-refractivity contribution in [3.05, 3.63) is 139 Å². The Balaban J connectivity index is 0.000000231. The molecule has 8 aliphatic rings. The lowest BCUT2D eigenvalue weighted by Crippen LogP contribution is -2.53. The van der Waals surface area contributed by atoms with Crippen LogP contribution in [0.2, 0.25) is 10.0 Å². The zero-order valence-electron chi connectivity index (χ0n) is 65.1. The summed E-state index contributed by atoms with van der Waals surface area (Å²) in [5, 5.41) is 31.2. The lowest BCUT2D eigenvalue weighted by Gasteiger charge is -2.41. The lowest BCUT2D eigenvalue weighted by molar-refractivity contribution is -0.188. The minimum absolute atomic E-state index is 0.0697. The van der Waals surface area contributed by atoms with E-state index < -0.39 is 119 Å². The number of amides is 4. The Bertz CT molecular complexity index is 4060. The summed E-state index contributed by atoms with van der Waals surface area (Å²) in [6, 6.07) is 11.3. The number of nitrogens with zero attached hydrogens (tertiary/aromatic N) is 4. The van der Waals surface area contributed by atoms with Crippen LogP contribution in [0.3, 0.4) is 0 Å². The molecule has 16 atom stereocenters. The van der Waals surface area contributed by atoms with Gasteiger partial charge in [0.2, 0.25) is 17.7 Å². The van der Waals surface area contributed by atoms with Gasteiger partial charge >= 0.3 is 23.9 Å². The molecule has 4 N–H and O–H groups in total. The second-order valence-corrected chi connectivity index (χ2v) is 32.2. The summed E-state index contributed by atoms with van der Waals surface area (Å²) in [5.74, 6) is -4.86. The van der Waals surface area contributed by atoms with E-state index in [9.17, 15) is 48.6 Å². The molecule has 4 amide bonds. The first-order valence-electron chi connectivity index (χ1n) is 37.5. The number of hydrogen-bond acceptors (Lipinski definition) is 20. The minimum atomic E-state index is -1.57. The zero-order valence-corrected chi connectivity index (χ0v) is 66.6. The topological polar surface area (TPSA) is 294 Å². The fourth-order valence-electron chi connectivity index (χ4n) is 16.1. The van der Waals surface area contributed by atoms with Crippen molar-refractivity contribution in [3.8, 4) is 0 Å². The monoisotopic (exact) mass is 1530 g/mol. The summed E-state index contributed by atoms with van der Waals surface area (Å²) in [6.45, 7) is 21.1. The molecule has 0 unspecified atom stereocenters. The first kappa shape index (κ1) is 83.1. The molecule has 0 aromatic heterocycles. The Labute approximate surface area is 644 Å². The lowest BCUT2D eigenvalue weighted by atomic mass is 9.78. The maximum Gasteiger partial charge on any atom is 0.328 e. The molecular weight excluding hydrogens is 1430 g/mol. The number of fused-ring (bicyclic) bond motifs is 11. The molecule has 0 aliphatic carbocycles. The van der Waals surface area contributed by atoms with E-state index in [1.165, 1.54) is 33.8 Å². The van der Waals surface area contributed by atoms with E-state index in [0.717, 1.165) is 77.1 Å². The molecule has 0 radical (unpaired) electrons. The van der Waals surface area contributed by atoms with Crippen LogP contribution in [0.25, 0.3) is 0 Å². The molecule has 5 saturated heterocycles. The number of anilines is 2. The maximum atomic E-state index is 14.2. The average Bonchev–Trinajstić information content (AvgIpc) is 1.58. The van der Waals surface area contributed by atoms with Crippen LogP contribution in [-0.2, 0) is 97.3 Å². The molecule has 26 heteroatoms. The number of hydrogen-bond donors (Lipinski definition) is 4. The summed E-state index contributed by atoms with van der Waals surface area (Å²) in [4.78, 5) is 115. The Hall–Kier alpha value is -7.36. The maximum absolute atomic E-state index is 14.2. The van der Waals surface area contributed by atoms with Gasteiger partial charge in [0.15, 0.2) is 0 Å². The van der Waals surface area contributed by atoms with Crippen molar-refractivity contribution in [1.82, 2.24) is 20.4 Å². The van der Waals surface area contributed by atoms with Crippen LogP contribution in [0.4, 0.5) is 11.4 Å². The third-order valence-corrected chi connectivity index (χ3v) is 24.4. The van der Waals surface area contributed by atoms with Crippen molar-refractivity contribution in [2.75, 3.05) is 71.8 Å². The third kappa shape index (κ3) is 18.3. The standard InChI is InChI=1S/C43H54ClN3O9.C39H54ClN3O9/c1-24-10-9-11-34(53-8)43(52)21-33(54-37(49)22-43)26(3)39-42(5,56-39)35(20-36(48)47(7)32-18-28(16-24)17-25(2)38(32)44)55-41(51)27(4)46(6)40(50)30-12-13-31-23-45-15-14-29(31)19-30;1-22-10-9-11-30(49-8)39(48)20-29(50-33(45)21-39)24(3)35-38(5,52-35)31(19-32(44)43(7)28-18-26(16-22)17-23(2)34(28)40)51-37(47)25(4)42(6)36(46)27-12-14-41-15-13-27/h9-13,17-19,26-27,33-35,39,45,52H,14-16,20-23H2,1-8H3;9-11,17-18,24-25,27,29-31,35,41,48H,12-16,19-21H2,1-8H3/b11-9+,24-10+;11-9+,22-10+/t26-,27+,33+,34-,35+,39+,42+,43-;24-,25+,29+,30-,31+,35+,38+,39-/m11/s1. The molecule has 0 saturated carbocycles. The Kier molecular flexibility index (Phi) is 26.2. The molecule has 588 valence electrons. The summed E-state index contributed by atoms with van der Waals surface area (Å²) >= 11 is 13.6. The number of allylic oxidation sites excluding steroid dienone is 6. The van der Waals surface area contributed by atoms with E-state index in [1.807, 2.05) is 102 Å². The van der Waals surface area contributed by atoms with Crippen LogP contribution >= 0.6 is 23.2 Å². The highest BCUT2D eigenvalue weighted by atomic mass is 35.5. The van der Waals surface area contributed by atoms with E-state index in [-0.39, 0.29) is 68.1 Å². The average molecular weight is 1540 g/mol. The fourth-order valence-corrected chi connectivity index (χ4v) is 16.6. The molecule has 108 heavy (non-hydrogen) atoms. The first-order chi connectivity index (χ1) is 50.9. The first-order valence-corrected chi connectivity index (χ1v) is 38.2. The van der Waals surface area contributed by atoms with Crippen LogP contribution in [0.1, 0.15) is 150 Å². The SMILES string of the molecule is CO[C@@H]1/C=C/C=C(\C)Cc2cc(C)c(Cl)c(c2)N(C)C(=O)C[C@H](OC(=O)[C@H](C)N(C)C(=O)C2CCNCC2)[C@]2(C)O[C@H]2[C@H](C)[C@@H]2C[C@@]1(O)CC(=O)O2.CO[C@@H]1/C=C/C=C(\C)Cc2cc(C)c(Cl)c(c2)N(C)C(=O)C[C@H](OC(=O)[C@H](C)N(C)C(=O)c2ccc3c(c2)CCNC3)[C@]2(C)O[C@H]2[C@H](C)[C@@H]2C[C@@]1(O)CC(=O)O2. The number of aliphatic hydroxyl groups is 2. The number of halogens is 2. The van der Waals surface area contributed by atoms with Crippen molar-refractivity contribution >= 4 is 82.1 Å². The quantitative estimate of drug-likeness (QED) is 0.0835. The van der Waals surface area contributed by atoms with Gasteiger partial charge in [-0.15, -0.1) is 0 Å². The van der Waals surface area contributed by atoms with Crippen molar-refractivity contribution in [2.24, 2.45) is 17.8 Å². The minimum Gasteiger partial charge on any atom is -0.462 e. The molecule has 3 aromatic carbocycles. The highest BCUT2D eigenvalue weighted by Crippen LogP contribution is 2.52. The molecule has 5 fully saturated rings. The molecule has 8 heterocycles. The number of ether oxygens (including phenoxy) is 8. The number of aryl methyl sites for hydroxylation is 2. The molecular formula is C82H108Cl2N6O18. The van der Waals surface area contributed by atoms with E-state index in [2.05, 4.69) is 10.6 Å². The zero-order chi connectivity index (χ0) is 78.8. The number of nitrogens with one attached hydrogen (secondary N) is 2. The second kappa shape index (κ2) is 34.1. The van der Waals surface area contributed by atoms with Gasteiger partial charge in [0.05, 0.1) is 59.3 Å². The van der Waals surface area contributed by atoms with Crippen molar-refractivity contribution in [3.63, 3.8) is 0 Å². The van der Waals surface area contributed by atoms with Gasteiger partial charge < -0.3 is 78.3 Å². The number of epoxide rings is 2. The fraction of sp³-hybridized carbons (Fsp3) is 0.585. The van der Waals surface area contributed by atoms with Gasteiger partial charge in [0.1, 0.15) is 71.1 Å². The number of carbonyl (C=O) groups is 8. The normalized spacial score (nSPS) is 32.7. The van der Waals surface area contributed by atoms with Crippen LogP contribution in [0, 0.1) is 31.6 Å². The van der Waals surface area contributed by atoms with Gasteiger partial charge in [-0.1, -0.05) is 103 Å². The molecule has 8 aliphatic heterocycles. The van der Waals surface area contributed by atoms with Crippen molar-refractivity contribution in [1.29, 1.82) is 0 Å². The highest BCUT2D eigenvalue weighted by molar-refractivity contribution is 6.35. The highest BCUT2D eigenvalue weighted by Gasteiger charge is 2.66. The predicted molar refractivity (Wildman–Crippen MR) is 407 cm³/mol. The number of piperidine rings is 1. The van der Waals surface area contributed by atoms with Gasteiger partial charge in [-0.2, -0.15) is 0 Å². The van der Waals surface area contributed by atoms with Gasteiger partial charge in [-0.25, -0.2) is 9.59 Å². The smallest absolute Gasteiger partial charge is 0.328 e. The number of likely N-dealkylation sites (N-methyl/N-ethyl adjacent to an activating group) is 2. The molecule has 3 aromatic rings.